The van der Waals surface area contributed by atoms with Crippen LogP contribution in [0.2, 0.25) is 0 Å². The predicted octanol–water partition coefficient (Wildman–Crippen LogP) is -0.216. The zero-order valence-corrected chi connectivity index (χ0v) is 8.38. The third-order valence-corrected chi connectivity index (χ3v) is 1.42. The molecule has 0 saturated carbocycles. The number of hydrogen-bond donors (Lipinski definition) is 3. The highest BCUT2D eigenvalue weighted by Gasteiger charge is 2.06. The third kappa shape index (κ3) is 2.96. The van der Waals surface area contributed by atoms with Gasteiger partial charge in [-0.1, -0.05) is 0 Å². The summed E-state index contributed by atoms with van der Waals surface area (Å²) in [5, 5.41) is 6.38. The van der Waals surface area contributed by atoms with Crippen LogP contribution in [-0.2, 0) is 12.6 Å². The number of aryl methyl sites for hydroxylation is 1. The Balaban J connectivity index is 2.54. The number of H-pyrrole nitrogens is 1. The maximum atomic E-state index is 11.2. The fourth-order valence-electron chi connectivity index (χ4n) is 0.706. The second kappa shape index (κ2) is 4.15. The van der Waals surface area contributed by atoms with E-state index in [9.17, 15) is 4.79 Å². The first-order chi connectivity index (χ1) is 6.09. The van der Waals surface area contributed by atoms with Gasteiger partial charge in [0.05, 0.1) is 0 Å². The lowest BCUT2D eigenvalue weighted by Gasteiger charge is -2.08. The van der Waals surface area contributed by atoms with Gasteiger partial charge in [-0.05, 0) is 17.3 Å². The molecule has 0 aliphatic heterocycles. The van der Waals surface area contributed by atoms with Crippen LogP contribution in [0.25, 0.3) is 0 Å². The number of rotatable bonds is 1. The van der Waals surface area contributed by atoms with Crippen molar-refractivity contribution in [1.82, 2.24) is 21.0 Å². The highest BCUT2D eigenvalue weighted by Crippen LogP contribution is 1.95. The lowest BCUT2D eigenvalue weighted by molar-refractivity contribution is 0.0939. The van der Waals surface area contributed by atoms with Crippen LogP contribution in [0.1, 0.15) is 16.2 Å². The van der Waals surface area contributed by atoms with Gasteiger partial charge in [0.1, 0.15) is 0 Å². The summed E-state index contributed by atoms with van der Waals surface area (Å²) >= 11 is 9.06. The van der Waals surface area contributed by atoms with Crippen LogP contribution in [0.3, 0.4) is 0 Å². The summed E-state index contributed by atoms with van der Waals surface area (Å²) in [6, 6.07) is 1.61. The molecule has 1 amide bonds. The molecule has 1 aromatic rings. The van der Waals surface area contributed by atoms with Crippen molar-refractivity contribution in [2.45, 2.75) is 6.92 Å². The normalized spacial score (nSPS) is 9.31. The van der Waals surface area contributed by atoms with Crippen LogP contribution >= 0.6 is 12.2 Å². The fraction of sp³-hybridized carbons (Fsp3) is 0.167. The summed E-state index contributed by atoms with van der Waals surface area (Å²) in [5.74, 6) is -0.378. The van der Waals surface area contributed by atoms with Crippen LogP contribution in [0.5, 0.6) is 0 Å². The molecule has 1 aromatic heterocycles. The van der Waals surface area contributed by atoms with E-state index in [1.165, 1.54) is 0 Å². The lowest BCUT2D eigenvalue weighted by atomic mass is 10.4. The highest BCUT2D eigenvalue weighted by molar-refractivity contribution is 8.00. The van der Waals surface area contributed by atoms with E-state index >= 15 is 0 Å². The maximum Gasteiger partial charge on any atom is 0.290 e. The molecule has 0 bridgehead atoms. The highest BCUT2D eigenvalue weighted by atomic mass is 32.1. The molecule has 70 valence electrons. The summed E-state index contributed by atoms with van der Waals surface area (Å²) in [5.41, 5.74) is 5.74. The van der Waals surface area contributed by atoms with E-state index in [2.05, 4.69) is 45.9 Å². The average molecular weight is 215 g/mol. The van der Waals surface area contributed by atoms with Crippen molar-refractivity contribution in [3.05, 3.63) is 17.5 Å². The smallest absolute Gasteiger partial charge is 0.290 e. The first kappa shape index (κ1) is 9.87. The van der Waals surface area contributed by atoms with Crippen molar-refractivity contribution >= 4 is 35.1 Å². The molecule has 0 fully saturated rings. The molecule has 13 heavy (non-hydrogen) atoms. The molecule has 3 N–H and O–H groups in total. The van der Waals surface area contributed by atoms with Gasteiger partial charge in [-0.3, -0.25) is 15.3 Å². The van der Waals surface area contributed by atoms with E-state index in [0.29, 0.717) is 0 Å². The Bertz CT molecular complexity index is 335. The Morgan fingerprint density at radius 2 is 2.38 bits per heavy atom. The second-order valence-corrected chi connectivity index (χ2v) is 3.38. The van der Waals surface area contributed by atoms with Crippen molar-refractivity contribution in [2.24, 2.45) is 0 Å². The molecule has 0 unspecified atom stereocenters. The predicted molar refractivity (Wildman–Crippen MR) is 53.9 cm³/mol. The molecule has 1 heterocycles. The summed E-state index contributed by atoms with van der Waals surface area (Å²) in [6.07, 6.45) is 0. The first-order valence-corrected chi connectivity index (χ1v) is 4.20. The average Bonchev–Trinajstić information content (AvgIpc) is 2.47. The molecule has 0 saturated heterocycles. The Morgan fingerprint density at radius 3 is 2.85 bits per heavy atom. The number of amides is 1. The lowest BCUT2D eigenvalue weighted by Crippen LogP contribution is -2.40. The topological polar surface area (TPSA) is 69.8 Å². The SMILES string of the molecule is Cc1cc(C(=O)NNC(=S)[S-])n[nH]1. The van der Waals surface area contributed by atoms with Gasteiger partial charge in [0.2, 0.25) is 0 Å². The van der Waals surface area contributed by atoms with E-state index in [-0.39, 0.29) is 15.9 Å². The molecular formula is C6H7N4OS2-. The second-order valence-electron chi connectivity index (χ2n) is 2.30. The molecule has 1 rings (SSSR count). The number of thiocarbonyl (C=S) groups is 1. The van der Waals surface area contributed by atoms with Gasteiger partial charge in [0, 0.05) is 5.69 Å². The van der Waals surface area contributed by atoms with Crippen molar-refractivity contribution in [2.75, 3.05) is 0 Å². The minimum atomic E-state index is -0.378. The van der Waals surface area contributed by atoms with E-state index in [1.54, 1.807) is 13.0 Å². The third-order valence-electron chi connectivity index (χ3n) is 1.22. The minimum Gasteiger partial charge on any atom is -0.410 e. The number of aromatic nitrogens is 2. The zero-order valence-electron chi connectivity index (χ0n) is 6.75. The Hall–Kier alpha value is -1.21. The molecular weight excluding hydrogens is 208 g/mol. The zero-order chi connectivity index (χ0) is 9.84. The van der Waals surface area contributed by atoms with Crippen LogP contribution in [0.4, 0.5) is 0 Å². The van der Waals surface area contributed by atoms with Gasteiger partial charge in [-0.2, -0.15) is 5.10 Å². The van der Waals surface area contributed by atoms with Gasteiger partial charge in [0.25, 0.3) is 5.91 Å². The van der Waals surface area contributed by atoms with Gasteiger partial charge >= 0.3 is 0 Å². The first-order valence-electron chi connectivity index (χ1n) is 3.39. The molecule has 0 aliphatic rings. The van der Waals surface area contributed by atoms with E-state index in [1.807, 2.05) is 0 Å². The standard InChI is InChI=1S/C6H8N4OS2/c1-3-2-4(8-7-3)5(11)9-10-6(12)13/h2H,1H3,(H,7,8)(H,9,11)(H2,10,12,13)/p-1. The van der Waals surface area contributed by atoms with Crippen LogP contribution < -0.4 is 10.9 Å². The molecule has 5 nitrogen and oxygen atoms in total. The Kier molecular flexibility index (Phi) is 3.15. The number of carbonyl (C=O) groups is 1. The monoisotopic (exact) mass is 215 g/mol. The number of nitrogens with zero attached hydrogens (tertiary/aromatic N) is 1. The van der Waals surface area contributed by atoms with Gasteiger partial charge in [0.15, 0.2) is 5.69 Å². The summed E-state index contributed by atoms with van der Waals surface area (Å²) in [4.78, 5) is 11.2. The minimum absolute atomic E-state index is 0.0839. The van der Waals surface area contributed by atoms with Crippen molar-refractivity contribution in [3.63, 3.8) is 0 Å². The maximum absolute atomic E-state index is 11.2. The quantitative estimate of drug-likeness (QED) is 0.343. The fourth-order valence-corrected chi connectivity index (χ4v) is 0.808. The molecule has 7 heteroatoms. The number of hydrazine groups is 1. The number of hydrogen-bond acceptors (Lipinski definition) is 4. The summed E-state index contributed by atoms with van der Waals surface area (Å²) in [6.45, 7) is 1.80. The van der Waals surface area contributed by atoms with Gasteiger partial charge < -0.3 is 30.3 Å². The van der Waals surface area contributed by atoms with Crippen LogP contribution in [0.15, 0.2) is 6.07 Å². The molecule has 0 atom stereocenters. The number of aromatic amines is 1. The summed E-state index contributed by atoms with van der Waals surface area (Å²) < 4.78 is 0.0839. The van der Waals surface area contributed by atoms with Crippen LogP contribution in [0, 0.1) is 6.92 Å². The summed E-state index contributed by atoms with van der Waals surface area (Å²) in [7, 11) is 0. The molecule has 0 spiro atoms. The van der Waals surface area contributed by atoms with Gasteiger partial charge in [-0.25, -0.2) is 0 Å². The van der Waals surface area contributed by atoms with Crippen molar-refractivity contribution in [3.8, 4) is 0 Å². The Labute approximate surface area is 85.7 Å². The Morgan fingerprint density at radius 1 is 1.69 bits per heavy atom. The van der Waals surface area contributed by atoms with Gasteiger partial charge in [-0.15, -0.1) is 0 Å². The largest absolute Gasteiger partial charge is 0.410 e. The van der Waals surface area contributed by atoms with Crippen LogP contribution in [-0.4, -0.2) is 20.4 Å². The van der Waals surface area contributed by atoms with Crippen molar-refractivity contribution in [1.29, 1.82) is 0 Å². The number of carbonyl (C=O) groups excluding carboxylic acids is 1. The van der Waals surface area contributed by atoms with E-state index in [0.717, 1.165) is 5.69 Å². The van der Waals surface area contributed by atoms with E-state index < -0.39 is 0 Å². The molecule has 0 aromatic carbocycles. The number of nitrogens with one attached hydrogen (secondary N) is 3. The van der Waals surface area contributed by atoms with E-state index in [4.69, 9.17) is 0 Å². The van der Waals surface area contributed by atoms with Crippen molar-refractivity contribution < 1.29 is 4.79 Å². The molecule has 0 aliphatic carbocycles. The molecule has 0 radical (unpaired) electrons.